The molecule has 0 fully saturated rings. The van der Waals surface area contributed by atoms with Crippen LogP contribution in [0.2, 0.25) is 0 Å². The molecule has 0 heterocycles. The summed E-state index contributed by atoms with van der Waals surface area (Å²) >= 11 is 0. The number of carbonyl (C=O) groups is 1. The second-order valence-corrected chi connectivity index (χ2v) is 3.16. The molecule has 0 aliphatic carbocycles. The lowest BCUT2D eigenvalue weighted by molar-refractivity contribution is -0.164. The largest absolute Gasteiger partial charge is 0.494 e. The van der Waals surface area contributed by atoms with E-state index in [1.54, 1.807) is 0 Å². The van der Waals surface area contributed by atoms with Crippen LogP contribution >= 0.6 is 0 Å². The Kier molecular flexibility index (Phi) is 3.41. The Morgan fingerprint density at radius 2 is 2.12 bits per heavy atom. The van der Waals surface area contributed by atoms with Gasteiger partial charge in [-0.1, -0.05) is 6.07 Å². The monoisotopic (exact) mass is 234 g/mol. The first-order valence-electron chi connectivity index (χ1n) is 4.30. The van der Waals surface area contributed by atoms with Crippen molar-refractivity contribution in [2.45, 2.75) is 12.3 Å². The molecular formula is C10H9F3O3. The van der Waals surface area contributed by atoms with E-state index in [0.29, 0.717) is 0 Å². The smallest absolute Gasteiger partial charge is 0.374 e. The zero-order valence-corrected chi connectivity index (χ0v) is 8.34. The molecule has 16 heavy (non-hydrogen) atoms. The Morgan fingerprint density at radius 3 is 2.62 bits per heavy atom. The summed E-state index contributed by atoms with van der Waals surface area (Å²) < 4.78 is 43.2. The standard InChI is InChI=1S/C10H9F3O3/c1-16-8-4-6(2-3-7(8)11)5-10(12,13)9(14)15/h2-4H,5H2,1H3,(H,14,15). The third-order valence-electron chi connectivity index (χ3n) is 1.95. The normalized spacial score (nSPS) is 11.2. The maximum Gasteiger partial charge on any atom is 0.374 e. The van der Waals surface area contributed by atoms with E-state index in [4.69, 9.17) is 5.11 Å². The third kappa shape index (κ3) is 2.65. The van der Waals surface area contributed by atoms with E-state index in [1.807, 2.05) is 0 Å². The first kappa shape index (κ1) is 12.4. The van der Waals surface area contributed by atoms with Crippen molar-refractivity contribution in [3.63, 3.8) is 0 Å². The van der Waals surface area contributed by atoms with E-state index in [-0.39, 0.29) is 11.3 Å². The van der Waals surface area contributed by atoms with Gasteiger partial charge in [-0.2, -0.15) is 8.78 Å². The fraction of sp³-hybridized carbons (Fsp3) is 0.300. The van der Waals surface area contributed by atoms with Gasteiger partial charge < -0.3 is 9.84 Å². The Morgan fingerprint density at radius 1 is 1.50 bits per heavy atom. The molecule has 0 spiro atoms. The van der Waals surface area contributed by atoms with Crippen LogP contribution in [-0.2, 0) is 11.2 Å². The van der Waals surface area contributed by atoms with Gasteiger partial charge in [-0.05, 0) is 17.7 Å². The number of aliphatic carboxylic acids is 1. The minimum Gasteiger partial charge on any atom is -0.494 e. The Balaban J connectivity index is 2.94. The average Bonchev–Trinajstić information content (AvgIpc) is 2.20. The lowest BCUT2D eigenvalue weighted by atomic mass is 10.1. The topological polar surface area (TPSA) is 46.5 Å². The van der Waals surface area contributed by atoms with Gasteiger partial charge in [0.1, 0.15) is 0 Å². The lowest BCUT2D eigenvalue weighted by Crippen LogP contribution is -2.30. The van der Waals surface area contributed by atoms with E-state index in [2.05, 4.69) is 4.74 Å². The minimum absolute atomic E-state index is 0.00866. The van der Waals surface area contributed by atoms with Gasteiger partial charge in [-0.3, -0.25) is 0 Å². The van der Waals surface area contributed by atoms with E-state index in [9.17, 15) is 18.0 Å². The number of benzene rings is 1. The number of methoxy groups -OCH3 is 1. The zero-order chi connectivity index (χ0) is 12.3. The molecular weight excluding hydrogens is 225 g/mol. The van der Waals surface area contributed by atoms with E-state index in [1.165, 1.54) is 7.11 Å². The number of hydrogen-bond acceptors (Lipinski definition) is 2. The Bertz CT molecular complexity index is 404. The van der Waals surface area contributed by atoms with Crippen molar-refractivity contribution in [2.75, 3.05) is 7.11 Å². The van der Waals surface area contributed by atoms with Crippen molar-refractivity contribution in [1.82, 2.24) is 0 Å². The summed E-state index contributed by atoms with van der Waals surface area (Å²) in [6.07, 6.45) is -1.00. The zero-order valence-electron chi connectivity index (χ0n) is 8.34. The molecule has 0 saturated heterocycles. The van der Waals surface area contributed by atoms with Gasteiger partial charge in [0.2, 0.25) is 0 Å². The highest BCUT2D eigenvalue weighted by Crippen LogP contribution is 2.24. The number of carboxylic acids is 1. The van der Waals surface area contributed by atoms with Crippen LogP contribution in [0, 0.1) is 5.82 Å². The maximum atomic E-state index is 12.9. The molecule has 6 heteroatoms. The highest BCUT2D eigenvalue weighted by molar-refractivity contribution is 5.75. The van der Waals surface area contributed by atoms with E-state index < -0.39 is 24.1 Å². The molecule has 0 saturated carbocycles. The van der Waals surface area contributed by atoms with Gasteiger partial charge in [-0.25, -0.2) is 9.18 Å². The van der Waals surface area contributed by atoms with Gasteiger partial charge in [0, 0.05) is 6.42 Å². The SMILES string of the molecule is COc1cc(CC(F)(F)C(=O)O)ccc1F. The van der Waals surface area contributed by atoms with Crippen molar-refractivity contribution in [3.05, 3.63) is 29.6 Å². The number of alkyl halides is 2. The second-order valence-electron chi connectivity index (χ2n) is 3.16. The summed E-state index contributed by atoms with van der Waals surface area (Å²) in [7, 11) is 1.19. The van der Waals surface area contributed by atoms with Crippen LogP contribution in [0.5, 0.6) is 5.75 Å². The summed E-state index contributed by atoms with van der Waals surface area (Å²) in [5, 5.41) is 8.23. The van der Waals surface area contributed by atoms with Gasteiger partial charge in [0.15, 0.2) is 11.6 Å². The van der Waals surface area contributed by atoms with Gasteiger partial charge in [0.25, 0.3) is 0 Å². The fourth-order valence-electron chi connectivity index (χ4n) is 1.15. The fourth-order valence-corrected chi connectivity index (χ4v) is 1.15. The molecule has 0 aliphatic heterocycles. The van der Waals surface area contributed by atoms with Gasteiger partial charge in [-0.15, -0.1) is 0 Å². The maximum absolute atomic E-state index is 12.9. The molecule has 3 nitrogen and oxygen atoms in total. The van der Waals surface area contributed by atoms with Crippen molar-refractivity contribution in [2.24, 2.45) is 0 Å². The minimum atomic E-state index is -3.87. The van der Waals surface area contributed by atoms with Crippen LogP contribution in [0.4, 0.5) is 13.2 Å². The van der Waals surface area contributed by atoms with Crippen LogP contribution < -0.4 is 4.74 Å². The molecule has 0 unspecified atom stereocenters. The summed E-state index contributed by atoms with van der Waals surface area (Å²) in [6, 6.07) is 3.09. The molecule has 0 bridgehead atoms. The number of carboxylic acid groups (broad SMARTS) is 1. The van der Waals surface area contributed by atoms with Crippen molar-refractivity contribution < 1.29 is 27.8 Å². The van der Waals surface area contributed by atoms with Gasteiger partial charge >= 0.3 is 11.9 Å². The lowest BCUT2D eigenvalue weighted by Gasteiger charge is -2.11. The van der Waals surface area contributed by atoms with Crippen molar-refractivity contribution in [3.8, 4) is 5.75 Å². The van der Waals surface area contributed by atoms with Crippen LogP contribution in [0.15, 0.2) is 18.2 Å². The first-order valence-corrected chi connectivity index (χ1v) is 4.30. The molecule has 1 N–H and O–H groups in total. The average molecular weight is 234 g/mol. The van der Waals surface area contributed by atoms with E-state index in [0.717, 1.165) is 18.2 Å². The predicted molar refractivity (Wildman–Crippen MR) is 49.2 cm³/mol. The first-order chi connectivity index (χ1) is 7.36. The molecule has 0 aliphatic rings. The van der Waals surface area contributed by atoms with Crippen molar-refractivity contribution in [1.29, 1.82) is 0 Å². The quantitative estimate of drug-likeness (QED) is 0.867. The molecule has 1 aromatic rings. The van der Waals surface area contributed by atoms with Gasteiger partial charge in [0.05, 0.1) is 7.11 Å². The predicted octanol–water partition coefficient (Wildman–Crippen LogP) is 2.10. The summed E-state index contributed by atoms with van der Waals surface area (Å²) in [5.41, 5.74) is -0.00866. The number of hydrogen-bond donors (Lipinski definition) is 1. The Labute approximate surface area is 89.5 Å². The number of halogens is 3. The summed E-state index contributed by atoms with van der Waals surface area (Å²) in [6.45, 7) is 0. The highest BCUT2D eigenvalue weighted by atomic mass is 19.3. The molecule has 0 amide bonds. The summed E-state index contributed by atoms with van der Waals surface area (Å²) in [5.74, 6) is -6.97. The molecule has 0 atom stereocenters. The van der Waals surface area contributed by atoms with E-state index >= 15 is 0 Å². The number of ether oxygens (including phenoxy) is 1. The van der Waals surface area contributed by atoms with Crippen LogP contribution in [0.3, 0.4) is 0 Å². The number of rotatable bonds is 4. The Hall–Kier alpha value is -1.72. The molecule has 0 aromatic heterocycles. The van der Waals surface area contributed by atoms with Crippen LogP contribution in [0.1, 0.15) is 5.56 Å². The third-order valence-corrected chi connectivity index (χ3v) is 1.95. The second kappa shape index (κ2) is 4.42. The van der Waals surface area contributed by atoms with Crippen LogP contribution in [0.25, 0.3) is 0 Å². The molecule has 0 radical (unpaired) electrons. The van der Waals surface area contributed by atoms with Crippen LogP contribution in [-0.4, -0.2) is 24.1 Å². The summed E-state index contributed by atoms with van der Waals surface area (Å²) in [4.78, 5) is 10.2. The molecule has 1 rings (SSSR count). The molecule has 88 valence electrons. The van der Waals surface area contributed by atoms with Crippen molar-refractivity contribution >= 4 is 5.97 Å². The highest BCUT2D eigenvalue weighted by Gasteiger charge is 2.38. The molecule has 1 aromatic carbocycles.